The van der Waals surface area contributed by atoms with Crippen LogP contribution in [0.4, 0.5) is 5.69 Å². The maximum absolute atomic E-state index is 12.8. The quantitative estimate of drug-likeness (QED) is 0.729. The van der Waals surface area contributed by atoms with Gasteiger partial charge in [0.1, 0.15) is 0 Å². The van der Waals surface area contributed by atoms with Crippen molar-refractivity contribution in [2.75, 3.05) is 23.1 Å². The van der Waals surface area contributed by atoms with Crippen molar-refractivity contribution in [1.82, 2.24) is 4.31 Å². The minimum Gasteiger partial charge on any atom is -0.369 e. The Bertz CT molecular complexity index is 964. The maximum Gasteiger partial charge on any atom is 0.244 e. The second kappa shape index (κ2) is 6.88. The van der Waals surface area contributed by atoms with Crippen molar-refractivity contribution >= 4 is 37.5 Å². The normalized spacial score (nSPS) is 24.3. The zero-order chi connectivity index (χ0) is 20.0. The van der Waals surface area contributed by atoms with Gasteiger partial charge in [0.2, 0.25) is 31.9 Å². The largest absolute Gasteiger partial charge is 0.369 e. The first-order valence-corrected chi connectivity index (χ1v) is 11.6. The van der Waals surface area contributed by atoms with Crippen LogP contribution >= 0.6 is 0 Å². The molecule has 2 heterocycles. The minimum atomic E-state index is -3.78. The SMILES string of the molecule is C[C@H]1CS(=O)(=O)N(c2ccc(S(=O)(=O)N3CCC(C(N)=O)CC3)cc2)C1=O. The zero-order valence-electron chi connectivity index (χ0n) is 14.7. The Labute approximate surface area is 158 Å². The first-order valence-electron chi connectivity index (χ1n) is 8.50. The average Bonchev–Trinajstić information content (AvgIpc) is 2.82. The number of carbonyl (C=O) groups excluding carboxylic acids is 2. The van der Waals surface area contributed by atoms with Gasteiger partial charge >= 0.3 is 0 Å². The van der Waals surface area contributed by atoms with E-state index in [9.17, 15) is 26.4 Å². The molecule has 2 aliphatic rings. The molecule has 27 heavy (non-hydrogen) atoms. The Morgan fingerprint density at radius 3 is 2.15 bits per heavy atom. The number of hydrogen-bond donors (Lipinski definition) is 1. The topological polar surface area (TPSA) is 135 Å². The summed E-state index contributed by atoms with van der Waals surface area (Å²) in [5.41, 5.74) is 5.38. The van der Waals surface area contributed by atoms with Crippen LogP contribution in [-0.2, 0) is 29.6 Å². The smallest absolute Gasteiger partial charge is 0.244 e. The van der Waals surface area contributed by atoms with E-state index in [0.29, 0.717) is 12.8 Å². The van der Waals surface area contributed by atoms with Gasteiger partial charge in [0.25, 0.3) is 0 Å². The molecule has 0 bridgehead atoms. The summed E-state index contributed by atoms with van der Waals surface area (Å²) in [6, 6.07) is 5.21. The molecule has 9 nitrogen and oxygen atoms in total. The second-order valence-electron chi connectivity index (χ2n) is 6.86. The Balaban J connectivity index is 1.81. The van der Waals surface area contributed by atoms with Crippen molar-refractivity contribution in [3.63, 3.8) is 0 Å². The van der Waals surface area contributed by atoms with Gasteiger partial charge < -0.3 is 5.73 Å². The molecule has 2 saturated heterocycles. The van der Waals surface area contributed by atoms with Crippen LogP contribution < -0.4 is 10.0 Å². The molecule has 2 amide bonds. The fourth-order valence-electron chi connectivity index (χ4n) is 3.37. The number of sulfonamides is 2. The number of rotatable bonds is 4. The lowest BCUT2D eigenvalue weighted by Gasteiger charge is -2.29. The van der Waals surface area contributed by atoms with Crippen LogP contribution in [0, 0.1) is 11.8 Å². The van der Waals surface area contributed by atoms with E-state index >= 15 is 0 Å². The molecule has 0 radical (unpaired) electrons. The van der Waals surface area contributed by atoms with E-state index in [-0.39, 0.29) is 35.3 Å². The number of nitrogens with two attached hydrogens (primary N) is 1. The molecule has 2 N–H and O–H groups in total. The van der Waals surface area contributed by atoms with Gasteiger partial charge in [0.05, 0.1) is 22.3 Å². The van der Waals surface area contributed by atoms with Gasteiger partial charge in [0, 0.05) is 19.0 Å². The minimum absolute atomic E-state index is 0.000803. The third kappa shape index (κ3) is 3.58. The van der Waals surface area contributed by atoms with Crippen molar-refractivity contribution in [2.45, 2.75) is 24.7 Å². The van der Waals surface area contributed by atoms with Gasteiger partial charge in [0.15, 0.2) is 0 Å². The molecule has 1 aromatic rings. The fraction of sp³-hybridized carbons (Fsp3) is 0.500. The van der Waals surface area contributed by atoms with Crippen LogP contribution in [0.2, 0.25) is 0 Å². The molecule has 2 aliphatic heterocycles. The van der Waals surface area contributed by atoms with E-state index in [1.807, 2.05) is 0 Å². The summed E-state index contributed by atoms with van der Waals surface area (Å²) < 4.78 is 51.8. The molecule has 0 saturated carbocycles. The van der Waals surface area contributed by atoms with Gasteiger partial charge in [-0.15, -0.1) is 0 Å². The number of benzene rings is 1. The molecule has 148 valence electrons. The lowest BCUT2D eigenvalue weighted by Crippen LogP contribution is -2.41. The van der Waals surface area contributed by atoms with Crippen LogP contribution in [0.1, 0.15) is 19.8 Å². The van der Waals surface area contributed by atoms with E-state index in [2.05, 4.69) is 0 Å². The molecule has 0 unspecified atom stereocenters. The molecule has 3 rings (SSSR count). The highest BCUT2D eigenvalue weighted by Crippen LogP contribution is 2.30. The fourth-order valence-corrected chi connectivity index (χ4v) is 6.66. The predicted octanol–water partition coefficient (Wildman–Crippen LogP) is -0.115. The number of anilines is 1. The maximum atomic E-state index is 12.8. The molecule has 0 spiro atoms. The highest BCUT2D eigenvalue weighted by Gasteiger charge is 2.42. The Hall–Kier alpha value is -1.98. The van der Waals surface area contributed by atoms with E-state index in [1.54, 1.807) is 0 Å². The Morgan fingerprint density at radius 1 is 1.15 bits per heavy atom. The van der Waals surface area contributed by atoms with Crippen molar-refractivity contribution in [3.8, 4) is 0 Å². The lowest BCUT2D eigenvalue weighted by molar-refractivity contribution is -0.123. The monoisotopic (exact) mass is 415 g/mol. The van der Waals surface area contributed by atoms with E-state index in [4.69, 9.17) is 5.73 Å². The number of hydrogen-bond acceptors (Lipinski definition) is 6. The van der Waals surface area contributed by atoms with Gasteiger partial charge in [-0.05, 0) is 37.1 Å². The summed E-state index contributed by atoms with van der Waals surface area (Å²) in [7, 11) is -7.52. The number of piperidine rings is 1. The Morgan fingerprint density at radius 2 is 1.70 bits per heavy atom. The summed E-state index contributed by atoms with van der Waals surface area (Å²) >= 11 is 0. The van der Waals surface area contributed by atoms with Gasteiger partial charge in [-0.25, -0.2) is 21.1 Å². The van der Waals surface area contributed by atoms with Gasteiger partial charge in [-0.3, -0.25) is 9.59 Å². The van der Waals surface area contributed by atoms with Crippen LogP contribution in [0.3, 0.4) is 0 Å². The third-order valence-corrected chi connectivity index (χ3v) is 8.71. The molecule has 0 aliphatic carbocycles. The van der Waals surface area contributed by atoms with Gasteiger partial charge in [-0.1, -0.05) is 6.92 Å². The summed E-state index contributed by atoms with van der Waals surface area (Å²) in [6.07, 6.45) is 0.732. The predicted molar refractivity (Wildman–Crippen MR) is 97.6 cm³/mol. The summed E-state index contributed by atoms with van der Waals surface area (Å²) in [6.45, 7) is 1.91. The zero-order valence-corrected chi connectivity index (χ0v) is 16.4. The third-order valence-electron chi connectivity index (χ3n) is 4.93. The molecule has 1 atom stereocenters. The molecule has 0 aromatic heterocycles. The summed E-state index contributed by atoms with van der Waals surface area (Å²) in [5.74, 6) is -2.18. The standard InChI is InChI=1S/C16H21N3O6S2/c1-11-10-26(22,23)19(16(11)21)13-2-4-14(5-3-13)27(24,25)18-8-6-12(7-9-18)15(17)20/h2-5,11-12H,6-10H2,1H3,(H2,17,20)/t11-/m0/s1. The lowest BCUT2D eigenvalue weighted by atomic mass is 9.98. The number of nitrogens with zero attached hydrogens (tertiary/aromatic N) is 2. The first kappa shape index (κ1) is 19.8. The number of amides is 2. The van der Waals surface area contributed by atoms with Crippen LogP contribution in [0.5, 0.6) is 0 Å². The Kier molecular flexibility index (Phi) is 5.04. The molecular weight excluding hydrogens is 394 g/mol. The van der Waals surface area contributed by atoms with Crippen molar-refractivity contribution < 1.29 is 26.4 Å². The molecule has 11 heteroatoms. The van der Waals surface area contributed by atoms with E-state index in [1.165, 1.54) is 35.5 Å². The second-order valence-corrected chi connectivity index (χ2v) is 10.7. The average molecular weight is 415 g/mol. The first-order chi connectivity index (χ1) is 12.5. The van der Waals surface area contributed by atoms with Crippen LogP contribution in [-0.4, -0.2) is 51.8 Å². The van der Waals surface area contributed by atoms with Crippen molar-refractivity contribution in [3.05, 3.63) is 24.3 Å². The van der Waals surface area contributed by atoms with Crippen LogP contribution in [0.25, 0.3) is 0 Å². The summed E-state index contributed by atoms with van der Waals surface area (Å²) in [5, 5.41) is 0. The van der Waals surface area contributed by atoms with E-state index < -0.39 is 37.8 Å². The van der Waals surface area contributed by atoms with Crippen molar-refractivity contribution in [2.24, 2.45) is 17.6 Å². The number of carbonyl (C=O) groups is 2. The van der Waals surface area contributed by atoms with Crippen molar-refractivity contribution in [1.29, 1.82) is 0 Å². The molecule has 1 aromatic carbocycles. The van der Waals surface area contributed by atoms with E-state index in [0.717, 1.165) is 4.31 Å². The molecule has 2 fully saturated rings. The highest BCUT2D eigenvalue weighted by atomic mass is 32.2. The molecular formula is C16H21N3O6S2. The number of primary amides is 1. The highest BCUT2D eigenvalue weighted by molar-refractivity contribution is 7.94. The summed E-state index contributed by atoms with van der Waals surface area (Å²) in [4.78, 5) is 23.3. The van der Waals surface area contributed by atoms with Crippen LogP contribution in [0.15, 0.2) is 29.2 Å². The van der Waals surface area contributed by atoms with Gasteiger partial charge in [-0.2, -0.15) is 4.31 Å².